The third-order valence-electron chi connectivity index (χ3n) is 5.91. The summed E-state index contributed by atoms with van der Waals surface area (Å²) in [5, 5.41) is 0.956. The fraction of sp³-hybridized carbons (Fsp3) is 0.250. The van der Waals surface area contributed by atoms with E-state index in [0.717, 1.165) is 33.2 Å². The van der Waals surface area contributed by atoms with Crippen LogP contribution in [0.25, 0.3) is 22.0 Å². The molecule has 34 heavy (non-hydrogen) atoms. The fourth-order valence-corrected chi connectivity index (χ4v) is 4.15. The molecular weight excluding hydrogens is 431 g/mol. The Morgan fingerprint density at radius 1 is 1.06 bits per heavy atom. The van der Waals surface area contributed by atoms with E-state index in [2.05, 4.69) is 0 Å². The van der Waals surface area contributed by atoms with Crippen LogP contribution in [0.4, 0.5) is 4.39 Å². The number of ether oxygens (including phenoxy) is 2. The Morgan fingerprint density at radius 3 is 2.65 bits per heavy atom. The number of aromatic nitrogens is 1. The largest absolute Gasteiger partial charge is 0.489 e. The van der Waals surface area contributed by atoms with E-state index in [1.807, 2.05) is 67.2 Å². The lowest BCUT2D eigenvalue weighted by molar-refractivity contribution is -0.142. The molecule has 6 heteroatoms. The van der Waals surface area contributed by atoms with E-state index in [1.165, 1.54) is 0 Å². The van der Waals surface area contributed by atoms with Gasteiger partial charge in [-0.15, -0.1) is 0 Å². The molecule has 0 atom stereocenters. The van der Waals surface area contributed by atoms with Gasteiger partial charge < -0.3 is 19.8 Å². The molecule has 3 aromatic carbocycles. The Kier molecular flexibility index (Phi) is 6.98. The predicted molar refractivity (Wildman–Crippen MR) is 132 cm³/mol. The smallest absolute Gasteiger partial charge is 0.310 e. The van der Waals surface area contributed by atoms with Gasteiger partial charge in [0, 0.05) is 47.4 Å². The van der Waals surface area contributed by atoms with Crippen LogP contribution in [0.5, 0.6) is 5.75 Å². The molecule has 2 N–H and O–H groups in total. The van der Waals surface area contributed by atoms with Gasteiger partial charge in [0.1, 0.15) is 18.2 Å². The van der Waals surface area contributed by atoms with Crippen molar-refractivity contribution in [1.82, 2.24) is 4.57 Å². The Balaban J connectivity index is 1.70. The van der Waals surface area contributed by atoms with Crippen LogP contribution in [0.15, 0.2) is 60.8 Å². The SMILES string of the molecule is CCOC(=O)Cc1ccc(C)cc1OCc1cc(-c2cccc(CN)c2F)c2ccn(C)c2c1. The van der Waals surface area contributed by atoms with Crippen molar-refractivity contribution in [3.05, 3.63) is 88.9 Å². The van der Waals surface area contributed by atoms with Gasteiger partial charge in [0.15, 0.2) is 0 Å². The van der Waals surface area contributed by atoms with E-state index >= 15 is 4.39 Å². The molecule has 176 valence electrons. The molecular formula is C28H29FN2O3. The third kappa shape index (κ3) is 4.82. The highest BCUT2D eigenvalue weighted by atomic mass is 19.1. The van der Waals surface area contributed by atoms with E-state index in [1.54, 1.807) is 19.1 Å². The monoisotopic (exact) mass is 460 g/mol. The van der Waals surface area contributed by atoms with E-state index in [-0.39, 0.29) is 31.4 Å². The number of benzene rings is 3. The van der Waals surface area contributed by atoms with Gasteiger partial charge in [-0.25, -0.2) is 4.39 Å². The van der Waals surface area contributed by atoms with Gasteiger partial charge >= 0.3 is 5.97 Å². The molecule has 1 aromatic heterocycles. The van der Waals surface area contributed by atoms with E-state index in [0.29, 0.717) is 23.5 Å². The molecule has 0 amide bonds. The number of hydrogen-bond acceptors (Lipinski definition) is 4. The van der Waals surface area contributed by atoms with Crippen LogP contribution in [0.2, 0.25) is 0 Å². The Bertz CT molecular complexity index is 1340. The van der Waals surface area contributed by atoms with Crippen LogP contribution in [-0.4, -0.2) is 17.1 Å². The summed E-state index contributed by atoms with van der Waals surface area (Å²) in [4.78, 5) is 12.0. The summed E-state index contributed by atoms with van der Waals surface area (Å²) in [6.45, 7) is 4.50. The molecule has 0 bridgehead atoms. The number of aryl methyl sites for hydroxylation is 2. The first-order valence-corrected chi connectivity index (χ1v) is 11.3. The number of carbonyl (C=O) groups excluding carboxylic acids is 1. The van der Waals surface area contributed by atoms with Gasteiger partial charge in [0.25, 0.3) is 0 Å². The molecule has 1 heterocycles. The zero-order valence-corrected chi connectivity index (χ0v) is 19.7. The van der Waals surface area contributed by atoms with E-state index < -0.39 is 0 Å². The molecule has 0 saturated heterocycles. The summed E-state index contributed by atoms with van der Waals surface area (Å²) >= 11 is 0. The number of nitrogens with zero attached hydrogens (tertiary/aromatic N) is 1. The topological polar surface area (TPSA) is 66.5 Å². The van der Waals surface area contributed by atoms with Crippen molar-refractivity contribution < 1.29 is 18.7 Å². The van der Waals surface area contributed by atoms with Crippen molar-refractivity contribution in [2.75, 3.05) is 6.61 Å². The molecule has 5 nitrogen and oxygen atoms in total. The molecule has 0 saturated carbocycles. The molecule has 0 fully saturated rings. The van der Waals surface area contributed by atoms with Gasteiger partial charge in [-0.2, -0.15) is 0 Å². The number of rotatable bonds is 8. The average molecular weight is 461 g/mol. The number of hydrogen-bond donors (Lipinski definition) is 1. The zero-order chi connectivity index (χ0) is 24.2. The lowest BCUT2D eigenvalue weighted by Crippen LogP contribution is -2.09. The minimum atomic E-state index is -0.302. The van der Waals surface area contributed by atoms with Gasteiger partial charge in [-0.05, 0) is 54.8 Å². The zero-order valence-electron chi connectivity index (χ0n) is 19.7. The molecule has 0 aliphatic heterocycles. The maximum absolute atomic E-state index is 15.2. The van der Waals surface area contributed by atoms with Crippen LogP contribution >= 0.6 is 0 Å². The maximum Gasteiger partial charge on any atom is 0.310 e. The van der Waals surface area contributed by atoms with E-state index in [4.69, 9.17) is 15.2 Å². The van der Waals surface area contributed by atoms with Crippen molar-refractivity contribution in [2.24, 2.45) is 12.8 Å². The van der Waals surface area contributed by atoms with Crippen molar-refractivity contribution >= 4 is 16.9 Å². The van der Waals surface area contributed by atoms with Crippen LogP contribution in [-0.2, 0) is 36.2 Å². The minimum Gasteiger partial charge on any atom is -0.489 e. The first-order valence-electron chi connectivity index (χ1n) is 11.3. The fourth-order valence-electron chi connectivity index (χ4n) is 4.15. The highest BCUT2D eigenvalue weighted by molar-refractivity contribution is 5.96. The molecule has 4 rings (SSSR count). The van der Waals surface area contributed by atoms with Gasteiger partial charge in [0.2, 0.25) is 0 Å². The average Bonchev–Trinajstić information content (AvgIpc) is 3.20. The van der Waals surface area contributed by atoms with E-state index in [9.17, 15) is 4.79 Å². The van der Waals surface area contributed by atoms with Crippen molar-refractivity contribution in [3.63, 3.8) is 0 Å². The number of fused-ring (bicyclic) bond motifs is 1. The number of carbonyl (C=O) groups is 1. The summed E-state index contributed by atoms with van der Waals surface area (Å²) in [6.07, 6.45) is 2.10. The maximum atomic E-state index is 15.2. The standard InChI is InChI=1S/C28H29FN2O3/c1-4-33-27(32)15-20-9-8-18(2)12-26(20)34-17-19-13-24(22-10-11-31(3)25(22)14-19)23-7-5-6-21(16-30)28(23)29/h5-14H,4,15-17,30H2,1-3H3. The van der Waals surface area contributed by atoms with Crippen molar-refractivity contribution in [2.45, 2.75) is 33.4 Å². The number of nitrogens with two attached hydrogens (primary N) is 1. The summed E-state index contributed by atoms with van der Waals surface area (Å²) in [6, 6.07) is 17.1. The summed E-state index contributed by atoms with van der Waals surface area (Å²) in [5.74, 6) is 0.0421. The molecule has 0 unspecified atom stereocenters. The summed E-state index contributed by atoms with van der Waals surface area (Å²) in [5.41, 5.74) is 11.2. The van der Waals surface area contributed by atoms with Crippen molar-refractivity contribution in [3.8, 4) is 16.9 Å². The number of esters is 1. The van der Waals surface area contributed by atoms with Gasteiger partial charge in [0.05, 0.1) is 13.0 Å². The highest BCUT2D eigenvalue weighted by Crippen LogP contribution is 2.34. The summed E-state index contributed by atoms with van der Waals surface area (Å²) < 4.78 is 28.5. The summed E-state index contributed by atoms with van der Waals surface area (Å²) in [7, 11) is 1.96. The Labute approximate surface area is 198 Å². The quantitative estimate of drug-likeness (QED) is 0.356. The highest BCUT2D eigenvalue weighted by Gasteiger charge is 2.16. The second-order valence-electron chi connectivity index (χ2n) is 8.37. The first kappa shape index (κ1) is 23.5. The second kappa shape index (κ2) is 10.1. The number of halogens is 1. The minimum absolute atomic E-state index is 0.136. The normalized spacial score (nSPS) is 11.1. The molecule has 0 radical (unpaired) electrons. The van der Waals surface area contributed by atoms with Gasteiger partial charge in [-0.3, -0.25) is 4.79 Å². The molecule has 0 aliphatic rings. The van der Waals surface area contributed by atoms with Gasteiger partial charge in [-0.1, -0.05) is 30.3 Å². The van der Waals surface area contributed by atoms with Crippen LogP contribution < -0.4 is 10.5 Å². The lowest BCUT2D eigenvalue weighted by atomic mass is 9.97. The molecule has 0 aliphatic carbocycles. The van der Waals surface area contributed by atoms with Crippen LogP contribution in [0.1, 0.15) is 29.2 Å². The Morgan fingerprint density at radius 2 is 1.88 bits per heavy atom. The lowest BCUT2D eigenvalue weighted by Gasteiger charge is -2.15. The van der Waals surface area contributed by atoms with Crippen molar-refractivity contribution in [1.29, 1.82) is 0 Å². The van der Waals surface area contributed by atoms with Crippen LogP contribution in [0.3, 0.4) is 0 Å². The molecule has 4 aromatic rings. The first-order chi connectivity index (χ1) is 16.4. The second-order valence-corrected chi connectivity index (χ2v) is 8.37. The third-order valence-corrected chi connectivity index (χ3v) is 5.91. The van der Waals surface area contributed by atoms with Crippen LogP contribution in [0, 0.1) is 12.7 Å². The predicted octanol–water partition coefficient (Wildman–Crippen LogP) is 5.44. The Hall–Kier alpha value is -3.64. The molecule has 0 spiro atoms.